The Labute approximate surface area is 117 Å². The molecule has 0 radical (unpaired) electrons. The highest BCUT2D eigenvalue weighted by molar-refractivity contribution is 7.22. The summed E-state index contributed by atoms with van der Waals surface area (Å²) in [6.07, 6.45) is 1.77. The summed E-state index contributed by atoms with van der Waals surface area (Å²) in [6, 6.07) is 8.07. The third kappa shape index (κ3) is 1.83. The minimum Gasteiger partial charge on any atom is -0.261 e. The summed E-state index contributed by atoms with van der Waals surface area (Å²) in [5, 5.41) is 14.5. The lowest BCUT2D eigenvalue weighted by molar-refractivity contribution is 0.145. The zero-order chi connectivity index (χ0) is 12.7. The quantitative estimate of drug-likeness (QED) is 0.724. The van der Waals surface area contributed by atoms with E-state index in [-0.39, 0.29) is 0 Å². The summed E-state index contributed by atoms with van der Waals surface area (Å²) in [5.74, 6) is 0. The minimum absolute atomic E-state index is 0.572. The number of rotatable bonds is 2. The zero-order valence-corrected chi connectivity index (χ0v) is 11.3. The molecule has 2 aromatic heterocycles. The molecule has 0 aliphatic carbocycles. The standard InChI is InChI=1S/C12H8N4OS2/c1-2-4-9-8(3-1)7-17-16(9)12-15-14-11(19-12)10-13-5-6-18-10/h1-6H,7H2. The zero-order valence-electron chi connectivity index (χ0n) is 9.68. The molecule has 0 unspecified atom stereocenters. The van der Waals surface area contributed by atoms with Gasteiger partial charge in [0.25, 0.3) is 0 Å². The summed E-state index contributed by atoms with van der Waals surface area (Å²) in [4.78, 5) is 9.90. The van der Waals surface area contributed by atoms with Crippen LogP contribution in [0.15, 0.2) is 35.8 Å². The van der Waals surface area contributed by atoms with Gasteiger partial charge in [-0.15, -0.1) is 21.5 Å². The first kappa shape index (κ1) is 11.0. The lowest BCUT2D eigenvalue weighted by atomic mass is 10.2. The largest absolute Gasteiger partial charge is 0.261 e. The number of benzene rings is 1. The van der Waals surface area contributed by atoms with E-state index in [1.807, 2.05) is 23.6 Å². The van der Waals surface area contributed by atoms with Crippen molar-refractivity contribution in [3.05, 3.63) is 41.4 Å². The predicted molar refractivity (Wildman–Crippen MR) is 74.4 cm³/mol. The van der Waals surface area contributed by atoms with E-state index in [2.05, 4.69) is 21.2 Å². The van der Waals surface area contributed by atoms with E-state index in [0.29, 0.717) is 6.61 Å². The Hall–Kier alpha value is -1.83. The van der Waals surface area contributed by atoms with Crippen molar-refractivity contribution in [2.75, 3.05) is 5.06 Å². The molecule has 1 aliphatic rings. The van der Waals surface area contributed by atoms with Crippen molar-refractivity contribution in [2.24, 2.45) is 0 Å². The maximum absolute atomic E-state index is 5.66. The molecule has 0 N–H and O–H groups in total. The third-order valence-electron chi connectivity index (χ3n) is 2.76. The van der Waals surface area contributed by atoms with Gasteiger partial charge in [-0.3, -0.25) is 4.84 Å². The van der Waals surface area contributed by atoms with Crippen LogP contribution in [0.1, 0.15) is 5.56 Å². The van der Waals surface area contributed by atoms with Crippen LogP contribution < -0.4 is 5.06 Å². The van der Waals surface area contributed by atoms with Gasteiger partial charge in [0.1, 0.15) is 6.61 Å². The highest BCUT2D eigenvalue weighted by Gasteiger charge is 2.24. The molecule has 0 bridgehead atoms. The average molecular weight is 288 g/mol. The van der Waals surface area contributed by atoms with Crippen molar-refractivity contribution in [1.82, 2.24) is 15.2 Å². The van der Waals surface area contributed by atoms with Gasteiger partial charge in [-0.05, 0) is 6.07 Å². The van der Waals surface area contributed by atoms with Crippen LogP contribution >= 0.6 is 22.7 Å². The summed E-state index contributed by atoms with van der Waals surface area (Å²) in [7, 11) is 0. The minimum atomic E-state index is 0.572. The van der Waals surface area contributed by atoms with Crippen LogP contribution in [0.2, 0.25) is 0 Å². The fourth-order valence-corrected chi connectivity index (χ4v) is 3.40. The van der Waals surface area contributed by atoms with Crippen molar-refractivity contribution >= 4 is 33.5 Å². The summed E-state index contributed by atoms with van der Waals surface area (Å²) in [5.41, 5.74) is 2.19. The van der Waals surface area contributed by atoms with E-state index in [4.69, 9.17) is 4.84 Å². The van der Waals surface area contributed by atoms with Gasteiger partial charge in [-0.25, -0.2) is 4.98 Å². The molecule has 7 heteroatoms. The Bertz CT molecular complexity index is 710. The average Bonchev–Trinajstić information content (AvgIpc) is 3.18. The number of para-hydroxylation sites is 1. The molecule has 1 aliphatic heterocycles. The summed E-state index contributed by atoms with van der Waals surface area (Å²) in [6.45, 7) is 0.572. The molecule has 0 fully saturated rings. The predicted octanol–water partition coefficient (Wildman–Crippen LogP) is 3.24. The highest BCUT2D eigenvalue weighted by Crippen LogP contribution is 2.38. The second-order valence-electron chi connectivity index (χ2n) is 3.92. The fourth-order valence-electron chi connectivity index (χ4n) is 1.91. The molecule has 1 aromatic carbocycles. The molecule has 0 saturated heterocycles. The molecule has 0 amide bonds. The van der Waals surface area contributed by atoms with Gasteiger partial charge in [0.2, 0.25) is 5.13 Å². The van der Waals surface area contributed by atoms with E-state index in [1.165, 1.54) is 11.3 Å². The number of nitrogens with zero attached hydrogens (tertiary/aromatic N) is 4. The Balaban J connectivity index is 1.71. The third-order valence-corrected chi connectivity index (χ3v) is 4.57. The lowest BCUT2D eigenvalue weighted by Gasteiger charge is -2.12. The van der Waals surface area contributed by atoms with Gasteiger partial charge in [-0.1, -0.05) is 29.5 Å². The van der Waals surface area contributed by atoms with Crippen LogP contribution in [0, 0.1) is 0 Å². The molecule has 0 spiro atoms. The molecule has 19 heavy (non-hydrogen) atoms. The highest BCUT2D eigenvalue weighted by atomic mass is 32.1. The topological polar surface area (TPSA) is 51.1 Å². The van der Waals surface area contributed by atoms with Gasteiger partial charge < -0.3 is 0 Å². The summed E-state index contributed by atoms with van der Waals surface area (Å²) < 4.78 is 0. The van der Waals surface area contributed by atoms with Crippen molar-refractivity contribution in [3.63, 3.8) is 0 Å². The van der Waals surface area contributed by atoms with Gasteiger partial charge in [0.05, 0.1) is 5.69 Å². The number of fused-ring (bicyclic) bond motifs is 1. The Morgan fingerprint density at radius 1 is 1.16 bits per heavy atom. The van der Waals surface area contributed by atoms with Crippen LogP contribution in [-0.2, 0) is 11.4 Å². The van der Waals surface area contributed by atoms with Crippen molar-refractivity contribution in [3.8, 4) is 10.0 Å². The number of hydrogen-bond acceptors (Lipinski definition) is 7. The normalized spacial score (nSPS) is 13.8. The Morgan fingerprint density at radius 2 is 2.11 bits per heavy atom. The molecule has 4 rings (SSSR count). The molecular weight excluding hydrogens is 280 g/mol. The first-order chi connectivity index (χ1) is 9.42. The first-order valence-corrected chi connectivity index (χ1v) is 7.36. The molecule has 3 heterocycles. The van der Waals surface area contributed by atoms with Gasteiger partial charge >= 0.3 is 0 Å². The van der Waals surface area contributed by atoms with Crippen molar-refractivity contribution in [1.29, 1.82) is 0 Å². The van der Waals surface area contributed by atoms with E-state index in [0.717, 1.165) is 26.4 Å². The van der Waals surface area contributed by atoms with E-state index in [9.17, 15) is 0 Å². The van der Waals surface area contributed by atoms with Crippen molar-refractivity contribution < 1.29 is 4.84 Å². The fraction of sp³-hybridized carbons (Fsp3) is 0.0833. The maximum Gasteiger partial charge on any atom is 0.237 e. The molecule has 0 saturated carbocycles. The SMILES string of the molecule is c1ccc2c(c1)CON2c1nnc(-c2nccs2)s1. The van der Waals surface area contributed by atoms with Gasteiger partial charge in [0.15, 0.2) is 10.0 Å². The molecule has 94 valence electrons. The molecular formula is C12H8N4OS2. The second-order valence-corrected chi connectivity index (χ2v) is 5.77. The lowest BCUT2D eigenvalue weighted by Crippen LogP contribution is -2.10. The monoisotopic (exact) mass is 288 g/mol. The van der Waals surface area contributed by atoms with Gasteiger partial charge in [0, 0.05) is 17.1 Å². The Morgan fingerprint density at radius 3 is 3.00 bits per heavy atom. The van der Waals surface area contributed by atoms with Crippen LogP contribution in [0.5, 0.6) is 0 Å². The first-order valence-electron chi connectivity index (χ1n) is 5.66. The van der Waals surface area contributed by atoms with E-state index >= 15 is 0 Å². The Kier molecular flexibility index (Phi) is 2.54. The number of aromatic nitrogens is 3. The van der Waals surface area contributed by atoms with Gasteiger partial charge in [-0.2, -0.15) is 5.06 Å². The maximum atomic E-state index is 5.66. The molecule has 0 atom stereocenters. The van der Waals surface area contributed by atoms with Crippen LogP contribution in [-0.4, -0.2) is 15.2 Å². The molecule has 3 aromatic rings. The second kappa shape index (κ2) is 4.37. The van der Waals surface area contributed by atoms with E-state index < -0.39 is 0 Å². The number of thiazole rings is 1. The van der Waals surface area contributed by atoms with E-state index in [1.54, 1.807) is 22.6 Å². The van der Waals surface area contributed by atoms with Crippen molar-refractivity contribution in [2.45, 2.75) is 6.61 Å². The van der Waals surface area contributed by atoms with Crippen LogP contribution in [0.3, 0.4) is 0 Å². The number of anilines is 2. The molecule has 5 nitrogen and oxygen atoms in total. The van der Waals surface area contributed by atoms with Crippen LogP contribution in [0.25, 0.3) is 10.0 Å². The summed E-state index contributed by atoms with van der Waals surface area (Å²) >= 11 is 3.03. The number of hydrogen-bond donors (Lipinski definition) is 0. The van der Waals surface area contributed by atoms with Crippen LogP contribution in [0.4, 0.5) is 10.8 Å². The smallest absolute Gasteiger partial charge is 0.237 e.